The molecule has 0 radical (unpaired) electrons. The third-order valence-corrected chi connectivity index (χ3v) is 3.70. The van der Waals surface area contributed by atoms with E-state index in [-0.39, 0.29) is 0 Å². The summed E-state index contributed by atoms with van der Waals surface area (Å²) in [6.45, 7) is 0.925. The highest BCUT2D eigenvalue weighted by Gasteiger charge is 2.23. The lowest BCUT2D eigenvalue weighted by atomic mass is 10.2. The Hall–Kier alpha value is -1.62. The molecule has 0 atom stereocenters. The maximum Gasteiger partial charge on any atom is 0.152 e. The molecule has 4 nitrogen and oxygen atoms in total. The summed E-state index contributed by atoms with van der Waals surface area (Å²) in [5, 5.41) is 0. The second-order valence-electron chi connectivity index (χ2n) is 3.93. The van der Waals surface area contributed by atoms with E-state index in [4.69, 9.17) is 5.73 Å². The molecule has 2 heterocycles. The van der Waals surface area contributed by atoms with Crippen LogP contribution in [0.2, 0.25) is 0 Å². The molecule has 1 aromatic carbocycles. The lowest BCUT2D eigenvalue weighted by molar-refractivity contribution is 0.961. The monoisotopic (exact) mass is 290 g/mol. The predicted octanol–water partition coefficient (Wildman–Crippen LogP) is 2.52. The molecule has 2 aromatic rings. The molecule has 1 aromatic heterocycles. The number of rotatable bonds is 1. The van der Waals surface area contributed by atoms with Gasteiger partial charge in [0.2, 0.25) is 0 Å². The fourth-order valence-electron chi connectivity index (χ4n) is 2.12. The molecule has 0 unspecified atom stereocenters. The quantitative estimate of drug-likeness (QED) is 0.877. The van der Waals surface area contributed by atoms with E-state index in [1.54, 1.807) is 0 Å². The molecule has 0 aliphatic carbocycles. The van der Waals surface area contributed by atoms with Gasteiger partial charge < -0.3 is 10.6 Å². The number of nitrogen functional groups attached to an aromatic ring is 1. The fraction of sp³-hybridized carbons (Fsp3) is 0.167. The van der Waals surface area contributed by atoms with Gasteiger partial charge in [-0.2, -0.15) is 0 Å². The van der Waals surface area contributed by atoms with Gasteiger partial charge in [-0.15, -0.1) is 0 Å². The first-order valence-electron chi connectivity index (χ1n) is 5.39. The summed E-state index contributed by atoms with van der Waals surface area (Å²) < 4.78 is 0.761. The minimum atomic E-state index is 0.472. The Balaban J connectivity index is 2.10. The maximum atomic E-state index is 5.78. The smallest absolute Gasteiger partial charge is 0.152 e. The number of hydrogen-bond acceptors (Lipinski definition) is 4. The number of anilines is 3. The Morgan fingerprint density at radius 1 is 1.24 bits per heavy atom. The standard InChI is InChI=1S/C12H11BrN4/c13-10-11(14)15-7-16-12(10)17-6-5-8-3-1-2-4-9(8)17/h1-4,7H,5-6H2,(H2,14,15,16). The zero-order valence-corrected chi connectivity index (χ0v) is 10.7. The average Bonchev–Trinajstić information content (AvgIpc) is 2.77. The van der Waals surface area contributed by atoms with E-state index >= 15 is 0 Å². The van der Waals surface area contributed by atoms with Crippen molar-refractivity contribution >= 4 is 33.3 Å². The van der Waals surface area contributed by atoms with Gasteiger partial charge in [-0.25, -0.2) is 9.97 Å². The number of aromatic nitrogens is 2. The number of para-hydroxylation sites is 1. The van der Waals surface area contributed by atoms with Gasteiger partial charge in [0.15, 0.2) is 5.82 Å². The molecular weight excluding hydrogens is 280 g/mol. The zero-order chi connectivity index (χ0) is 11.8. The molecule has 17 heavy (non-hydrogen) atoms. The predicted molar refractivity (Wildman–Crippen MR) is 71.3 cm³/mol. The Bertz CT molecular complexity index is 570. The number of halogens is 1. The van der Waals surface area contributed by atoms with Crippen molar-refractivity contribution in [3.8, 4) is 0 Å². The molecule has 0 saturated carbocycles. The third kappa shape index (κ3) is 1.67. The van der Waals surface area contributed by atoms with Crippen LogP contribution in [0.25, 0.3) is 0 Å². The summed E-state index contributed by atoms with van der Waals surface area (Å²) in [5.41, 5.74) is 8.33. The first-order chi connectivity index (χ1) is 8.27. The van der Waals surface area contributed by atoms with Gasteiger partial charge in [-0.3, -0.25) is 0 Å². The van der Waals surface area contributed by atoms with Crippen LogP contribution in [-0.4, -0.2) is 16.5 Å². The van der Waals surface area contributed by atoms with Crippen molar-refractivity contribution in [3.63, 3.8) is 0 Å². The Morgan fingerprint density at radius 2 is 2.06 bits per heavy atom. The van der Waals surface area contributed by atoms with Crippen LogP contribution in [0.1, 0.15) is 5.56 Å². The van der Waals surface area contributed by atoms with E-state index in [0.29, 0.717) is 5.82 Å². The lowest BCUT2D eigenvalue weighted by Crippen LogP contribution is -2.16. The molecule has 0 fully saturated rings. The van der Waals surface area contributed by atoms with E-state index in [1.807, 2.05) is 6.07 Å². The van der Waals surface area contributed by atoms with Crippen molar-refractivity contribution in [3.05, 3.63) is 40.6 Å². The van der Waals surface area contributed by atoms with Gasteiger partial charge in [0.25, 0.3) is 0 Å². The molecule has 0 bridgehead atoms. The second-order valence-corrected chi connectivity index (χ2v) is 4.72. The van der Waals surface area contributed by atoms with Crippen molar-refractivity contribution in [2.75, 3.05) is 17.2 Å². The number of hydrogen-bond donors (Lipinski definition) is 1. The van der Waals surface area contributed by atoms with Crippen LogP contribution >= 0.6 is 15.9 Å². The molecular formula is C12H11BrN4. The Morgan fingerprint density at radius 3 is 2.94 bits per heavy atom. The highest BCUT2D eigenvalue weighted by Crippen LogP contribution is 2.37. The van der Waals surface area contributed by atoms with Gasteiger partial charge in [0, 0.05) is 12.2 Å². The second kappa shape index (κ2) is 4.00. The van der Waals surface area contributed by atoms with Gasteiger partial charge in [0.05, 0.1) is 0 Å². The highest BCUT2D eigenvalue weighted by atomic mass is 79.9. The fourth-order valence-corrected chi connectivity index (χ4v) is 2.54. The Labute approximate surface area is 108 Å². The number of nitrogens with two attached hydrogens (primary N) is 1. The maximum absolute atomic E-state index is 5.78. The number of nitrogens with zero attached hydrogens (tertiary/aromatic N) is 3. The van der Waals surface area contributed by atoms with Crippen LogP contribution in [0.15, 0.2) is 35.1 Å². The van der Waals surface area contributed by atoms with Gasteiger partial charge in [0.1, 0.15) is 16.6 Å². The van der Waals surface area contributed by atoms with Crippen molar-refractivity contribution in [2.24, 2.45) is 0 Å². The van der Waals surface area contributed by atoms with E-state index < -0.39 is 0 Å². The largest absolute Gasteiger partial charge is 0.383 e. The molecule has 0 saturated heterocycles. The van der Waals surface area contributed by atoms with Crippen LogP contribution in [0.4, 0.5) is 17.3 Å². The highest BCUT2D eigenvalue weighted by molar-refractivity contribution is 9.10. The first-order valence-corrected chi connectivity index (χ1v) is 6.18. The summed E-state index contributed by atoms with van der Waals surface area (Å²) in [5.74, 6) is 1.31. The first kappa shape index (κ1) is 10.5. The van der Waals surface area contributed by atoms with Crippen LogP contribution in [0.5, 0.6) is 0 Å². The summed E-state index contributed by atoms with van der Waals surface area (Å²) in [4.78, 5) is 10.4. The molecule has 1 aliphatic rings. The van der Waals surface area contributed by atoms with Gasteiger partial charge in [-0.1, -0.05) is 18.2 Å². The number of fused-ring (bicyclic) bond motifs is 1. The normalized spacial score (nSPS) is 13.8. The van der Waals surface area contributed by atoms with E-state index in [2.05, 4.69) is 49.0 Å². The van der Waals surface area contributed by atoms with Crippen molar-refractivity contribution in [2.45, 2.75) is 6.42 Å². The van der Waals surface area contributed by atoms with Gasteiger partial charge >= 0.3 is 0 Å². The molecule has 3 rings (SSSR count). The zero-order valence-electron chi connectivity index (χ0n) is 9.10. The molecule has 0 spiro atoms. The minimum absolute atomic E-state index is 0.472. The van der Waals surface area contributed by atoms with E-state index in [0.717, 1.165) is 23.3 Å². The summed E-state index contributed by atoms with van der Waals surface area (Å²) in [7, 11) is 0. The topological polar surface area (TPSA) is 55.0 Å². The van der Waals surface area contributed by atoms with Crippen LogP contribution in [-0.2, 0) is 6.42 Å². The molecule has 2 N–H and O–H groups in total. The van der Waals surface area contributed by atoms with Crippen LogP contribution < -0.4 is 10.6 Å². The van der Waals surface area contributed by atoms with E-state index in [1.165, 1.54) is 17.6 Å². The van der Waals surface area contributed by atoms with Crippen molar-refractivity contribution < 1.29 is 0 Å². The van der Waals surface area contributed by atoms with Crippen LogP contribution in [0, 0.1) is 0 Å². The minimum Gasteiger partial charge on any atom is -0.383 e. The molecule has 86 valence electrons. The summed E-state index contributed by atoms with van der Waals surface area (Å²) in [6, 6.07) is 8.35. The lowest BCUT2D eigenvalue weighted by Gasteiger charge is -2.19. The summed E-state index contributed by atoms with van der Waals surface area (Å²) >= 11 is 3.45. The third-order valence-electron chi connectivity index (χ3n) is 2.94. The van der Waals surface area contributed by atoms with E-state index in [9.17, 15) is 0 Å². The molecule has 1 aliphatic heterocycles. The SMILES string of the molecule is Nc1ncnc(N2CCc3ccccc32)c1Br. The van der Waals surface area contributed by atoms with Crippen molar-refractivity contribution in [1.82, 2.24) is 9.97 Å². The average molecular weight is 291 g/mol. The molecule has 5 heteroatoms. The Kier molecular flexibility index (Phi) is 2.48. The number of benzene rings is 1. The molecule has 0 amide bonds. The van der Waals surface area contributed by atoms with Crippen molar-refractivity contribution in [1.29, 1.82) is 0 Å². The van der Waals surface area contributed by atoms with Gasteiger partial charge in [-0.05, 0) is 34.0 Å². The van der Waals surface area contributed by atoms with Crippen LogP contribution in [0.3, 0.4) is 0 Å². The summed E-state index contributed by atoms with van der Waals surface area (Å²) in [6.07, 6.45) is 2.53.